The van der Waals surface area contributed by atoms with Crippen LogP contribution in [0.3, 0.4) is 0 Å². The number of nitrogens with two attached hydrogens (primary N) is 2. The first-order valence-corrected chi connectivity index (χ1v) is 6.36. The van der Waals surface area contributed by atoms with Crippen LogP contribution in [-0.4, -0.2) is 35.8 Å². The van der Waals surface area contributed by atoms with Crippen LogP contribution in [0.15, 0.2) is 0 Å². The predicted molar refractivity (Wildman–Crippen MR) is 66.0 cm³/mol. The standard InChI is InChI=1S/C12H23N3O2/c1-2-3-6-15(8-11(14)16)12(17)7-10(13)9-4-5-9/h9-10H,2-8,13H2,1H3,(H2,14,16). The van der Waals surface area contributed by atoms with Gasteiger partial charge in [-0.3, -0.25) is 9.59 Å². The molecule has 0 aromatic carbocycles. The molecular formula is C12H23N3O2. The molecular weight excluding hydrogens is 218 g/mol. The van der Waals surface area contributed by atoms with Crippen LogP contribution >= 0.6 is 0 Å². The van der Waals surface area contributed by atoms with Gasteiger partial charge in [0.2, 0.25) is 11.8 Å². The van der Waals surface area contributed by atoms with Gasteiger partial charge in [-0.15, -0.1) is 0 Å². The Morgan fingerprint density at radius 2 is 2.06 bits per heavy atom. The van der Waals surface area contributed by atoms with Crippen molar-refractivity contribution >= 4 is 11.8 Å². The third kappa shape index (κ3) is 5.17. The SMILES string of the molecule is CCCCN(CC(N)=O)C(=O)CC(N)C1CC1. The van der Waals surface area contributed by atoms with Crippen LogP contribution in [0.4, 0.5) is 0 Å². The Labute approximate surface area is 103 Å². The minimum absolute atomic E-state index is 0.0101. The summed E-state index contributed by atoms with van der Waals surface area (Å²) in [6, 6.07) is -0.0560. The van der Waals surface area contributed by atoms with E-state index in [1.807, 2.05) is 6.92 Å². The molecule has 0 aliphatic heterocycles. The van der Waals surface area contributed by atoms with E-state index in [0.717, 1.165) is 25.7 Å². The second-order valence-electron chi connectivity index (χ2n) is 4.84. The summed E-state index contributed by atoms with van der Waals surface area (Å²) in [5, 5.41) is 0. The fraction of sp³-hybridized carbons (Fsp3) is 0.833. The van der Waals surface area contributed by atoms with E-state index in [9.17, 15) is 9.59 Å². The van der Waals surface area contributed by atoms with Crippen molar-refractivity contribution in [3.05, 3.63) is 0 Å². The molecule has 1 unspecified atom stereocenters. The molecule has 0 aromatic heterocycles. The summed E-state index contributed by atoms with van der Waals surface area (Å²) in [6.45, 7) is 2.65. The summed E-state index contributed by atoms with van der Waals surface area (Å²) in [6.07, 6.45) is 4.45. The molecule has 1 atom stereocenters. The van der Waals surface area contributed by atoms with Crippen LogP contribution < -0.4 is 11.5 Å². The highest BCUT2D eigenvalue weighted by atomic mass is 16.2. The molecule has 1 aliphatic rings. The number of primary amides is 1. The number of unbranched alkanes of at least 4 members (excludes halogenated alkanes) is 1. The predicted octanol–water partition coefficient (Wildman–Crippen LogP) is 0.228. The fourth-order valence-corrected chi connectivity index (χ4v) is 1.85. The number of amides is 2. The van der Waals surface area contributed by atoms with Crippen molar-refractivity contribution in [3.63, 3.8) is 0 Å². The van der Waals surface area contributed by atoms with E-state index < -0.39 is 5.91 Å². The van der Waals surface area contributed by atoms with Crippen LogP contribution in [0.5, 0.6) is 0 Å². The van der Waals surface area contributed by atoms with Gasteiger partial charge >= 0.3 is 0 Å². The third-order valence-corrected chi connectivity index (χ3v) is 3.12. The highest BCUT2D eigenvalue weighted by Crippen LogP contribution is 2.32. The van der Waals surface area contributed by atoms with Gasteiger partial charge in [-0.05, 0) is 25.2 Å². The van der Waals surface area contributed by atoms with Crippen molar-refractivity contribution in [2.24, 2.45) is 17.4 Å². The van der Waals surface area contributed by atoms with E-state index in [2.05, 4.69) is 0 Å². The van der Waals surface area contributed by atoms with Crippen molar-refractivity contribution in [1.82, 2.24) is 4.90 Å². The second kappa shape index (κ2) is 6.59. The molecule has 0 radical (unpaired) electrons. The molecule has 1 aliphatic carbocycles. The minimum Gasteiger partial charge on any atom is -0.368 e. The molecule has 1 fully saturated rings. The van der Waals surface area contributed by atoms with Gasteiger partial charge in [-0.25, -0.2) is 0 Å². The maximum Gasteiger partial charge on any atom is 0.237 e. The van der Waals surface area contributed by atoms with E-state index >= 15 is 0 Å². The lowest BCUT2D eigenvalue weighted by atomic mass is 10.1. The molecule has 0 aromatic rings. The first kappa shape index (κ1) is 14.0. The summed E-state index contributed by atoms with van der Waals surface area (Å²) in [5.74, 6) is -0.00773. The lowest BCUT2D eigenvalue weighted by Crippen LogP contribution is -2.41. The normalized spacial score (nSPS) is 16.6. The zero-order valence-corrected chi connectivity index (χ0v) is 10.5. The van der Waals surface area contributed by atoms with Gasteiger partial charge in [-0.1, -0.05) is 13.3 Å². The molecule has 0 heterocycles. The molecule has 5 heteroatoms. The first-order valence-electron chi connectivity index (χ1n) is 6.36. The Morgan fingerprint density at radius 3 is 2.53 bits per heavy atom. The molecule has 0 bridgehead atoms. The topological polar surface area (TPSA) is 89.4 Å². The van der Waals surface area contributed by atoms with E-state index in [1.54, 1.807) is 0 Å². The third-order valence-electron chi connectivity index (χ3n) is 3.12. The summed E-state index contributed by atoms with van der Waals surface area (Å²) in [5.41, 5.74) is 11.1. The van der Waals surface area contributed by atoms with Gasteiger partial charge in [0.1, 0.15) is 0 Å². The molecule has 17 heavy (non-hydrogen) atoms. The van der Waals surface area contributed by atoms with Crippen LogP contribution in [0.1, 0.15) is 39.0 Å². The average molecular weight is 241 g/mol. The van der Waals surface area contributed by atoms with Crippen molar-refractivity contribution < 1.29 is 9.59 Å². The van der Waals surface area contributed by atoms with Gasteiger partial charge in [-0.2, -0.15) is 0 Å². The highest BCUT2D eigenvalue weighted by molar-refractivity contribution is 5.84. The van der Waals surface area contributed by atoms with Crippen LogP contribution in [0, 0.1) is 5.92 Å². The molecule has 4 N–H and O–H groups in total. The number of carbonyl (C=O) groups is 2. The quantitative estimate of drug-likeness (QED) is 0.637. The van der Waals surface area contributed by atoms with Crippen LogP contribution in [-0.2, 0) is 9.59 Å². The Hall–Kier alpha value is -1.10. The summed E-state index contributed by atoms with van der Waals surface area (Å²) >= 11 is 0. The van der Waals surface area contributed by atoms with Crippen LogP contribution in [0.25, 0.3) is 0 Å². The number of hydrogen-bond donors (Lipinski definition) is 2. The lowest BCUT2D eigenvalue weighted by molar-refractivity contribution is -0.135. The first-order chi connectivity index (χ1) is 8.04. The zero-order chi connectivity index (χ0) is 12.8. The average Bonchev–Trinajstić information content (AvgIpc) is 3.06. The number of carbonyl (C=O) groups excluding carboxylic acids is 2. The van der Waals surface area contributed by atoms with Crippen molar-refractivity contribution in [1.29, 1.82) is 0 Å². The molecule has 98 valence electrons. The van der Waals surface area contributed by atoms with E-state index in [0.29, 0.717) is 18.9 Å². The Balaban J connectivity index is 2.42. The lowest BCUT2D eigenvalue weighted by Gasteiger charge is -2.22. The number of nitrogens with zero attached hydrogens (tertiary/aromatic N) is 1. The maximum absolute atomic E-state index is 12.0. The fourth-order valence-electron chi connectivity index (χ4n) is 1.85. The summed E-state index contributed by atoms with van der Waals surface area (Å²) in [7, 11) is 0. The molecule has 2 amide bonds. The van der Waals surface area contributed by atoms with Gasteiger partial charge in [0.05, 0.1) is 6.54 Å². The van der Waals surface area contributed by atoms with Gasteiger partial charge in [0.15, 0.2) is 0 Å². The molecule has 0 saturated heterocycles. The Kier molecular flexibility index (Phi) is 5.41. The Morgan fingerprint density at radius 1 is 1.41 bits per heavy atom. The van der Waals surface area contributed by atoms with Crippen molar-refractivity contribution in [2.75, 3.05) is 13.1 Å². The molecule has 0 spiro atoms. The zero-order valence-electron chi connectivity index (χ0n) is 10.5. The Bertz CT molecular complexity index is 277. The smallest absolute Gasteiger partial charge is 0.237 e. The van der Waals surface area contributed by atoms with Crippen LogP contribution in [0.2, 0.25) is 0 Å². The van der Waals surface area contributed by atoms with E-state index in [4.69, 9.17) is 11.5 Å². The van der Waals surface area contributed by atoms with Gasteiger partial charge in [0, 0.05) is 19.0 Å². The van der Waals surface area contributed by atoms with Crippen molar-refractivity contribution in [2.45, 2.75) is 45.1 Å². The highest BCUT2D eigenvalue weighted by Gasteiger charge is 2.31. The van der Waals surface area contributed by atoms with Gasteiger partial charge in [0.25, 0.3) is 0 Å². The van der Waals surface area contributed by atoms with Crippen molar-refractivity contribution in [3.8, 4) is 0 Å². The largest absolute Gasteiger partial charge is 0.368 e. The maximum atomic E-state index is 12.0. The van der Waals surface area contributed by atoms with E-state index in [1.165, 1.54) is 4.90 Å². The molecule has 1 rings (SSSR count). The number of rotatable bonds is 8. The van der Waals surface area contributed by atoms with Gasteiger partial charge < -0.3 is 16.4 Å². The molecule has 1 saturated carbocycles. The summed E-state index contributed by atoms with van der Waals surface area (Å²) in [4.78, 5) is 24.4. The molecule has 5 nitrogen and oxygen atoms in total. The monoisotopic (exact) mass is 241 g/mol. The minimum atomic E-state index is -0.463. The second-order valence-corrected chi connectivity index (χ2v) is 4.84. The number of hydrogen-bond acceptors (Lipinski definition) is 3. The van der Waals surface area contributed by atoms with E-state index in [-0.39, 0.29) is 18.5 Å². The summed E-state index contributed by atoms with van der Waals surface area (Å²) < 4.78 is 0.